The number of nitrogens with zero attached hydrogens (tertiary/aromatic N) is 2. The zero-order chi connectivity index (χ0) is 17.9. The van der Waals surface area contributed by atoms with Gasteiger partial charge in [-0.25, -0.2) is 4.99 Å². The molecular weight excluding hydrogens is 316 g/mol. The summed E-state index contributed by atoms with van der Waals surface area (Å²) in [6.07, 6.45) is 0.928. The Morgan fingerprint density at radius 2 is 2.12 bits per heavy atom. The molecule has 0 saturated heterocycles. The van der Waals surface area contributed by atoms with Crippen molar-refractivity contribution >= 4 is 5.96 Å². The molecule has 0 fully saturated rings. The van der Waals surface area contributed by atoms with Crippen LogP contribution in [0, 0.1) is 6.92 Å². The lowest BCUT2D eigenvalue weighted by atomic mass is 10.1. The van der Waals surface area contributed by atoms with Crippen molar-refractivity contribution in [2.75, 3.05) is 19.8 Å². The van der Waals surface area contributed by atoms with Crippen LogP contribution >= 0.6 is 0 Å². The molecule has 0 bridgehead atoms. The molecule has 25 heavy (non-hydrogen) atoms. The molecule has 2 N–H and O–H groups in total. The molecule has 6 nitrogen and oxygen atoms in total. The van der Waals surface area contributed by atoms with E-state index in [0.29, 0.717) is 6.54 Å². The predicted molar refractivity (Wildman–Crippen MR) is 99.5 cm³/mol. The first-order valence-electron chi connectivity index (χ1n) is 8.78. The largest absolute Gasteiger partial charge is 0.382 e. The lowest BCUT2D eigenvalue weighted by Gasteiger charge is -2.18. The second-order valence-corrected chi connectivity index (χ2v) is 5.85. The van der Waals surface area contributed by atoms with Crippen molar-refractivity contribution in [1.29, 1.82) is 0 Å². The summed E-state index contributed by atoms with van der Waals surface area (Å²) in [6, 6.07) is 12.4. The molecule has 0 aliphatic rings. The van der Waals surface area contributed by atoms with Crippen LogP contribution in [0.5, 0.6) is 0 Å². The zero-order valence-electron chi connectivity index (χ0n) is 15.3. The molecule has 6 heteroatoms. The number of nitrogens with one attached hydrogen (secondary N) is 2. The molecule has 0 amide bonds. The first kappa shape index (κ1) is 19.0. The molecule has 1 atom stereocenters. The predicted octanol–water partition coefficient (Wildman–Crippen LogP) is 3.21. The molecule has 136 valence electrons. The summed E-state index contributed by atoms with van der Waals surface area (Å²) in [5.41, 5.74) is 2.03. The minimum atomic E-state index is 0.151. The molecule has 0 unspecified atom stereocenters. The number of guanidine groups is 1. The third-order valence-electron chi connectivity index (χ3n) is 3.69. The quantitative estimate of drug-likeness (QED) is 0.415. The topological polar surface area (TPSA) is 71.7 Å². The van der Waals surface area contributed by atoms with Gasteiger partial charge >= 0.3 is 0 Å². The molecule has 2 rings (SSSR count). The normalized spacial score (nSPS) is 12.8. The van der Waals surface area contributed by atoms with Crippen LogP contribution in [0.25, 0.3) is 0 Å². The highest BCUT2D eigenvalue weighted by atomic mass is 16.5. The maximum atomic E-state index is 5.38. The Labute approximate surface area is 149 Å². The molecule has 0 radical (unpaired) electrons. The van der Waals surface area contributed by atoms with Gasteiger partial charge in [-0.2, -0.15) is 0 Å². The highest BCUT2D eigenvalue weighted by molar-refractivity contribution is 5.80. The number of rotatable bonds is 9. The fraction of sp³-hybridized carbons (Fsp3) is 0.474. The van der Waals surface area contributed by atoms with Gasteiger partial charge in [0.25, 0.3) is 0 Å². The number of hydrogen-bond donors (Lipinski definition) is 2. The van der Waals surface area contributed by atoms with Gasteiger partial charge in [0.2, 0.25) is 0 Å². The van der Waals surface area contributed by atoms with Gasteiger partial charge in [-0.15, -0.1) is 0 Å². The Bertz CT molecular complexity index is 640. The van der Waals surface area contributed by atoms with Gasteiger partial charge in [0.15, 0.2) is 5.96 Å². The SMILES string of the molecule is CCOCCCNC(=NCc1cc(C)on1)N[C@@H](C)c1ccccc1. The van der Waals surface area contributed by atoms with E-state index in [-0.39, 0.29) is 6.04 Å². The van der Waals surface area contributed by atoms with Crippen LogP contribution in [0.2, 0.25) is 0 Å². The van der Waals surface area contributed by atoms with Crippen molar-refractivity contribution < 1.29 is 9.26 Å². The van der Waals surface area contributed by atoms with Crippen LogP contribution in [0.4, 0.5) is 0 Å². The van der Waals surface area contributed by atoms with E-state index in [1.54, 1.807) is 0 Å². The summed E-state index contributed by atoms with van der Waals surface area (Å²) in [5.74, 6) is 1.55. The van der Waals surface area contributed by atoms with Crippen LogP contribution in [-0.2, 0) is 11.3 Å². The lowest BCUT2D eigenvalue weighted by Crippen LogP contribution is -2.39. The molecular formula is C19H28N4O2. The molecule has 1 heterocycles. The Morgan fingerprint density at radius 1 is 1.32 bits per heavy atom. The Morgan fingerprint density at radius 3 is 2.80 bits per heavy atom. The van der Waals surface area contributed by atoms with Crippen LogP contribution in [0.3, 0.4) is 0 Å². The van der Waals surface area contributed by atoms with E-state index in [2.05, 4.69) is 39.8 Å². The van der Waals surface area contributed by atoms with E-state index >= 15 is 0 Å². The highest BCUT2D eigenvalue weighted by Gasteiger charge is 2.08. The van der Waals surface area contributed by atoms with Gasteiger partial charge in [0.1, 0.15) is 11.5 Å². The fourth-order valence-corrected chi connectivity index (χ4v) is 2.36. The van der Waals surface area contributed by atoms with Gasteiger partial charge in [0.05, 0.1) is 12.6 Å². The van der Waals surface area contributed by atoms with Crippen LogP contribution in [0.15, 0.2) is 45.9 Å². The second-order valence-electron chi connectivity index (χ2n) is 5.85. The second kappa shape index (κ2) is 10.5. The first-order valence-corrected chi connectivity index (χ1v) is 8.78. The van der Waals surface area contributed by atoms with Crippen molar-refractivity contribution in [1.82, 2.24) is 15.8 Å². The maximum Gasteiger partial charge on any atom is 0.192 e. The van der Waals surface area contributed by atoms with E-state index < -0.39 is 0 Å². The summed E-state index contributed by atoms with van der Waals surface area (Å²) < 4.78 is 10.5. The molecule has 2 aromatic rings. The number of benzene rings is 1. The molecule has 1 aromatic carbocycles. The smallest absolute Gasteiger partial charge is 0.192 e. The third kappa shape index (κ3) is 6.97. The standard InChI is InChI=1S/C19H28N4O2/c1-4-24-12-8-11-20-19(21-14-18-13-15(2)25-23-18)22-16(3)17-9-6-5-7-10-17/h5-7,9-10,13,16H,4,8,11-12,14H2,1-3H3,(H2,20,21,22)/t16-/m0/s1. The van der Waals surface area contributed by atoms with Crippen molar-refractivity contribution in [2.45, 2.75) is 39.8 Å². The molecule has 0 saturated carbocycles. The number of ether oxygens (including phenoxy) is 1. The Kier molecular flexibility index (Phi) is 7.98. The van der Waals surface area contributed by atoms with E-state index in [4.69, 9.17) is 9.26 Å². The van der Waals surface area contributed by atoms with Crippen molar-refractivity contribution in [3.8, 4) is 0 Å². The number of aromatic nitrogens is 1. The van der Waals surface area contributed by atoms with Crippen molar-refractivity contribution in [3.05, 3.63) is 53.4 Å². The Hall–Kier alpha value is -2.34. The zero-order valence-corrected chi connectivity index (χ0v) is 15.3. The van der Waals surface area contributed by atoms with Crippen LogP contribution < -0.4 is 10.6 Å². The van der Waals surface area contributed by atoms with Gasteiger partial charge in [-0.1, -0.05) is 35.5 Å². The Balaban J connectivity index is 1.95. The number of aliphatic imine (C=N–C) groups is 1. The molecule has 0 aliphatic carbocycles. The summed E-state index contributed by atoms with van der Waals surface area (Å²) >= 11 is 0. The summed E-state index contributed by atoms with van der Waals surface area (Å²) in [7, 11) is 0. The lowest BCUT2D eigenvalue weighted by molar-refractivity contribution is 0.145. The molecule has 0 spiro atoms. The number of aryl methyl sites for hydroxylation is 1. The van der Waals surface area contributed by atoms with E-state index in [9.17, 15) is 0 Å². The van der Waals surface area contributed by atoms with Crippen LogP contribution in [-0.4, -0.2) is 30.9 Å². The van der Waals surface area contributed by atoms with Crippen LogP contribution in [0.1, 0.15) is 43.3 Å². The van der Waals surface area contributed by atoms with Crippen molar-refractivity contribution in [3.63, 3.8) is 0 Å². The highest BCUT2D eigenvalue weighted by Crippen LogP contribution is 2.11. The molecule has 1 aromatic heterocycles. The third-order valence-corrected chi connectivity index (χ3v) is 3.69. The van der Waals surface area contributed by atoms with E-state index in [1.807, 2.05) is 38.1 Å². The van der Waals surface area contributed by atoms with Gasteiger partial charge in [-0.05, 0) is 32.8 Å². The van der Waals surface area contributed by atoms with E-state index in [1.165, 1.54) is 5.56 Å². The summed E-state index contributed by atoms with van der Waals surface area (Å²) in [4.78, 5) is 4.62. The average Bonchev–Trinajstić information content (AvgIpc) is 3.05. The maximum absolute atomic E-state index is 5.38. The summed E-state index contributed by atoms with van der Waals surface area (Å²) in [6.45, 7) is 8.76. The summed E-state index contributed by atoms with van der Waals surface area (Å²) in [5, 5.41) is 10.8. The monoisotopic (exact) mass is 344 g/mol. The van der Waals surface area contributed by atoms with Gasteiger partial charge in [0, 0.05) is 25.8 Å². The average molecular weight is 344 g/mol. The number of hydrogen-bond acceptors (Lipinski definition) is 4. The first-order chi connectivity index (χ1) is 12.2. The van der Waals surface area contributed by atoms with Gasteiger partial charge in [-0.3, -0.25) is 0 Å². The van der Waals surface area contributed by atoms with E-state index in [0.717, 1.165) is 43.6 Å². The fourth-order valence-electron chi connectivity index (χ4n) is 2.36. The molecule has 0 aliphatic heterocycles. The van der Waals surface area contributed by atoms with Gasteiger partial charge < -0.3 is 19.9 Å². The minimum absolute atomic E-state index is 0.151. The van der Waals surface area contributed by atoms with Crippen molar-refractivity contribution in [2.24, 2.45) is 4.99 Å². The minimum Gasteiger partial charge on any atom is -0.382 e.